The molecule has 1 saturated heterocycles. The van der Waals surface area contributed by atoms with Gasteiger partial charge in [-0.1, -0.05) is 49.0 Å². The number of aromatic nitrogens is 1. The Labute approximate surface area is 189 Å². The van der Waals surface area contributed by atoms with E-state index in [1.165, 1.54) is 18.0 Å². The highest BCUT2D eigenvalue weighted by Crippen LogP contribution is 2.38. The summed E-state index contributed by atoms with van der Waals surface area (Å²) in [5.41, 5.74) is 0.465. The summed E-state index contributed by atoms with van der Waals surface area (Å²) in [5.74, 6) is -4.76. The molecule has 3 aromatic rings. The monoisotopic (exact) mass is 459 g/mol. The third-order valence-corrected chi connectivity index (χ3v) is 6.43. The maximum absolute atomic E-state index is 14.4. The number of benzene rings is 2. The van der Waals surface area contributed by atoms with Gasteiger partial charge in [0.05, 0.1) is 12.2 Å². The Bertz CT molecular complexity index is 1150. The van der Waals surface area contributed by atoms with Gasteiger partial charge >= 0.3 is 0 Å². The fraction of sp³-hybridized carbons (Fsp3) is 0.320. The van der Waals surface area contributed by atoms with Gasteiger partial charge < -0.3 is 9.47 Å². The zero-order valence-corrected chi connectivity index (χ0v) is 18.9. The van der Waals surface area contributed by atoms with Crippen molar-refractivity contribution in [1.29, 1.82) is 0 Å². The molecular weight excluding hydrogens is 435 g/mol. The lowest BCUT2D eigenvalue weighted by Gasteiger charge is -2.39. The van der Waals surface area contributed by atoms with Crippen LogP contribution < -0.4 is 0 Å². The highest BCUT2D eigenvalue weighted by molar-refractivity contribution is 7.99. The Kier molecular flexibility index (Phi) is 6.60. The molecule has 0 bridgehead atoms. The second-order valence-corrected chi connectivity index (χ2v) is 9.22. The molecule has 0 radical (unpaired) electrons. The number of hydrogen-bond donors (Lipinski definition) is 0. The molecule has 0 unspecified atom stereocenters. The molecule has 1 aliphatic rings. The highest BCUT2D eigenvalue weighted by Gasteiger charge is 2.33. The number of rotatable bonds is 5. The highest BCUT2D eigenvalue weighted by atomic mass is 32.2. The summed E-state index contributed by atoms with van der Waals surface area (Å²) in [4.78, 5) is 5.57. The molecule has 2 heterocycles. The molecule has 1 fully saturated rings. The summed E-state index contributed by atoms with van der Waals surface area (Å²) in [6, 6.07) is 10.5. The van der Waals surface area contributed by atoms with Gasteiger partial charge in [-0.05, 0) is 38.5 Å². The van der Waals surface area contributed by atoms with Crippen LogP contribution >= 0.6 is 11.8 Å². The van der Waals surface area contributed by atoms with Crippen LogP contribution in [0.2, 0.25) is 0 Å². The zero-order chi connectivity index (χ0) is 22.9. The fourth-order valence-corrected chi connectivity index (χ4v) is 4.83. The van der Waals surface area contributed by atoms with Crippen LogP contribution in [0.1, 0.15) is 39.2 Å². The molecule has 1 aromatic heterocycles. The predicted molar refractivity (Wildman–Crippen MR) is 120 cm³/mol. The molecular formula is C25H24F3NO2S. The smallest absolute Gasteiger partial charge is 0.196 e. The van der Waals surface area contributed by atoms with Crippen molar-refractivity contribution in [2.45, 2.75) is 61.4 Å². The van der Waals surface area contributed by atoms with E-state index in [-0.39, 0.29) is 23.1 Å². The molecule has 0 spiro atoms. The van der Waals surface area contributed by atoms with Gasteiger partial charge in [0.2, 0.25) is 0 Å². The van der Waals surface area contributed by atoms with Gasteiger partial charge in [0.25, 0.3) is 0 Å². The van der Waals surface area contributed by atoms with Crippen molar-refractivity contribution in [2.75, 3.05) is 0 Å². The average Bonchev–Trinajstić information content (AvgIpc) is 2.77. The quantitative estimate of drug-likeness (QED) is 0.380. The van der Waals surface area contributed by atoms with E-state index >= 15 is 0 Å². The predicted octanol–water partition coefficient (Wildman–Crippen LogP) is 7.14. The van der Waals surface area contributed by atoms with E-state index in [9.17, 15) is 13.2 Å². The molecule has 7 heteroatoms. The van der Waals surface area contributed by atoms with Gasteiger partial charge in [0, 0.05) is 33.4 Å². The van der Waals surface area contributed by atoms with Crippen molar-refractivity contribution in [1.82, 2.24) is 4.98 Å². The third kappa shape index (κ3) is 4.85. The Hall–Kier alpha value is -2.35. The minimum absolute atomic E-state index is 0.0764. The second-order valence-electron chi connectivity index (χ2n) is 8.14. The Morgan fingerprint density at radius 1 is 1.12 bits per heavy atom. The molecule has 32 heavy (non-hydrogen) atoms. The van der Waals surface area contributed by atoms with Crippen LogP contribution in [-0.2, 0) is 9.47 Å². The first-order valence-electron chi connectivity index (χ1n) is 10.5. The summed E-state index contributed by atoms with van der Waals surface area (Å²) < 4.78 is 54.3. The lowest BCUT2D eigenvalue weighted by molar-refractivity contribution is -0.290. The second kappa shape index (κ2) is 9.25. The van der Waals surface area contributed by atoms with E-state index < -0.39 is 23.2 Å². The van der Waals surface area contributed by atoms with Crippen molar-refractivity contribution in [3.05, 3.63) is 71.7 Å². The number of nitrogens with zero attached hydrogens (tertiary/aromatic N) is 1. The first-order chi connectivity index (χ1) is 15.3. The van der Waals surface area contributed by atoms with E-state index in [0.29, 0.717) is 16.9 Å². The maximum Gasteiger partial charge on any atom is 0.196 e. The van der Waals surface area contributed by atoms with Crippen LogP contribution in [0.5, 0.6) is 0 Å². The Morgan fingerprint density at radius 3 is 2.59 bits per heavy atom. The SMILES string of the molecule is CC[C@H]1C[C@@H](/C=C/c2cnc3c(F)c(F)c(F)cc3c2Sc2ccccc2)OC(C)(C)O1. The lowest BCUT2D eigenvalue weighted by Crippen LogP contribution is -2.43. The van der Waals surface area contributed by atoms with Gasteiger partial charge in [0.15, 0.2) is 23.2 Å². The summed E-state index contributed by atoms with van der Waals surface area (Å²) in [6.07, 6.45) is 6.70. The van der Waals surface area contributed by atoms with Gasteiger partial charge in [0.1, 0.15) is 5.52 Å². The number of halogens is 3. The normalized spacial score (nSPS) is 20.8. The summed E-state index contributed by atoms with van der Waals surface area (Å²) in [6.45, 7) is 5.82. The summed E-state index contributed by atoms with van der Waals surface area (Å²) >= 11 is 1.35. The van der Waals surface area contributed by atoms with E-state index in [4.69, 9.17) is 9.47 Å². The van der Waals surface area contributed by atoms with Crippen LogP contribution in [0.15, 0.2) is 58.5 Å². The minimum atomic E-state index is -1.52. The van der Waals surface area contributed by atoms with Crippen LogP contribution in [-0.4, -0.2) is 23.0 Å². The van der Waals surface area contributed by atoms with Gasteiger partial charge in [-0.25, -0.2) is 13.2 Å². The molecule has 4 rings (SSSR count). The van der Waals surface area contributed by atoms with Gasteiger partial charge in [-0.3, -0.25) is 4.98 Å². The standard InChI is InChI=1S/C25H24F3NO2S/c1-4-16-12-17(31-25(2,3)30-16)11-10-15-14-29-23-19(13-20(26)21(27)22(23)28)24(15)32-18-8-6-5-7-9-18/h5-11,13-14,16-17H,4,12H2,1-3H3/b11-10+/t16-,17+/m0/s1. The van der Waals surface area contributed by atoms with Crippen molar-refractivity contribution in [3.8, 4) is 0 Å². The van der Waals surface area contributed by atoms with Crippen LogP contribution in [0.25, 0.3) is 17.0 Å². The summed E-state index contributed by atoms with van der Waals surface area (Å²) in [5, 5.41) is 0.220. The average molecular weight is 460 g/mol. The van der Waals surface area contributed by atoms with E-state index in [0.717, 1.165) is 17.4 Å². The third-order valence-electron chi connectivity index (χ3n) is 5.27. The largest absolute Gasteiger partial charge is 0.347 e. The van der Waals surface area contributed by atoms with Crippen LogP contribution in [0.4, 0.5) is 13.2 Å². The number of hydrogen-bond acceptors (Lipinski definition) is 4. The molecule has 168 valence electrons. The van der Waals surface area contributed by atoms with Crippen LogP contribution in [0, 0.1) is 17.5 Å². The molecule has 0 N–H and O–H groups in total. The van der Waals surface area contributed by atoms with E-state index in [2.05, 4.69) is 11.9 Å². The van der Waals surface area contributed by atoms with Crippen LogP contribution in [0.3, 0.4) is 0 Å². The van der Waals surface area contributed by atoms with Crippen molar-refractivity contribution in [2.24, 2.45) is 0 Å². The molecule has 0 saturated carbocycles. The van der Waals surface area contributed by atoms with Crippen molar-refractivity contribution in [3.63, 3.8) is 0 Å². The Balaban J connectivity index is 1.77. The first-order valence-corrected chi connectivity index (χ1v) is 11.3. The van der Waals surface area contributed by atoms with Crippen molar-refractivity contribution >= 4 is 28.7 Å². The zero-order valence-electron chi connectivity index (χ0n) is 18.1. The minimum Gasteiger partial charge on any atom is -0.347 e. The fourth-order valence-electron chi connectivity index (χ4n) is 3.80. The lowest BCUT2D eigenvalue weighted by atomic mass is 10.0. The number of pyridine rings is 1. The molecule has 0 aliphatic carbocycles. The van der Waals surface area contributed by atoms with E-state index in [1.54, 1.807) is 0 Å². The number of ether oxygens (including phenoxy) is 2. The number of fused-ring (bicyclic) bond motifs is 1. The summed E-state index contributed by atoms with van der Waals surface area (Å²) in [7, 11) is 0. The first kappa shape index (κ1) is 22.8. The topological polar surface area (TPSA) is 31.4 Å². The molecule has 3 nitrogen and oxygen atoms in total. The Morgan fingerprint density at radius 2 is 1.88 bits per heavy atom. The maximum atomic E-state index is 14.4. The molecule has 0 amide bonds. The van der Waals surface area contributed by atoms with Gasteiger partial charge in [-0.15, -0.1) is 0 Å². The van der Waals surface area contributed by atoms with Crippen molar-refractivity contribution < 1.29 is 22.6 Å². The van der Waals surface area contributed by atoms with E-state index in [1.807, 2.05) is 56.3 Å². The molecule has 2 aromatic carbocycles. The molecule has 2 atom stereocenters. The van der Waals surface area contributed by atoms with Gasteiger partial charge in [-0.2, -0.15) is 0 Å². The molecule has 1 aliphatic heterocycles.